The molecule has 0 N–H and O–H groups in total. The largest absolute Gasteiger partial charge is 0.417 e. The zero-order chi connectivity index (χ0) is 14.8. The number of alkyl halides is 3. The molecule has 0 aliphatic rings. The first-order valence-corrected chi connectivity index (χ1v) is 6.06. The number of nitrogens with zero attached hydrogens (tertiary/aromatic N) is 1. The maximum Gasteiger partial charge on any atom is 0.417 e. The summed E-state index contributed by atoms with van der Waals surface area (Å²) >= 11 is 0. The Morgan fingerprint density at radius 3 is 2.40 bits per heavy atom. The normalized spacial score (nSPS) is 11.2. The number of hydrogen-bond acceptors (Lipinski definition) is 1. The van der Waals surface area contributed by atoms with Gasteiger partial charge in [0.05, 0.1) is 18.1 Å². The Bertz CT molecular complexity index is 666. The monoisotopic (exact) mass is 275 g/mol. The molecular formula is C16H12F3N. The molecule has 0 fully saturated rings. The molecule has 102 valence electrons. The van der Waals surface area contributed by atoms with Crippen molar-refractivity contribution in [3.63, 3.8) is 0 Å². The molecule has 1 nitrogen and oxygen atoms in total. The van der Waals surface area contributed by atoms with Gasteiger partial charge in [-0.15, -0.1) is 0 Å². The van der Waals surface area contributed by atoms with Crippen LogP contribution < -0.4 is 0 Å². The van der Waals surface area contributed by atoms with Crippen molar-refractivity contribution in [1.29, 1.82) is 5.26 Å². The van der Waals surface area contributed by atoms with Gasteiger partial charge in [0.1, 0.15) is 0 Å². The number of hydrogen-bond donors (Lipinski definition) is 0. The van der Waals surface area contributed by atoms with Crippen molar-refractivity contribution < 1.29 is 13.2 Å². The summed E-state index contributed by atoms with van der Waals surface area (Å²) in [5, 5.41) is 8.82. The van der Waals surface area contributed by atoms with Gasteiger partial charge < -0.3 is 0 Å². The summed E-state index contributed by atoms with van der Waals surface area (Å²) in [5.41, 5.74) is 1.38. The Morgan fingerprint density at radius 1 is 1.05 bits per heavy atom. The molecule has 20 heavy (non-hydrogen) atoms. The predicted molar refractivity (Wildman–Crippen MR) is 70.9 cm³/mol. The SMILES string of the molecule is Cc1ccc(CC#N)c(-c2ccccc2C(F)(F)F)c1. The van der Waals surface area contributed by atoms with E-state index in [1.807, 2.05) is 13.0 Å². The molecule has 2 rings (SSSR count). The third kappa shape index (κ3) is 2.83. The lowest BCUT2D eigenvalue weighted by Gasteiger charge is -2.15. The first kappa shape index (κ1) is 14.1. The van der Waals surface area contributed by atoms with E-state index in [0.29, 0.717) is 11.1 Å². The van der Waals surface area contributed by atoms with Crippen LogP contribution in [0.2, 0.25) is 0 Å². The van der Waals surface area contributed by atoms with Crippen LogP contribution in [0, 0.1) is 18.3 Å². The van der Waals surface area contributed by atoms with Crippen molar-refractivity contribution in [1.82, 2.24) is 0 Å². The standard InChI is InChI=1S/C16H12F3N/c1-11-6-7-12(8-9-20)14(10-11)13-4-2-3-5-15(13)16(17,18)19/h2-7,10H,8H2,1H3. The van der Waals surface area contributed by atoms with Gasteiger partial charge in [0, 0.05) is 0 Å². The van der Waals surface area contributed by atoms with E-state index in [9.17, 15) is 13.2 Å². The van der Waals surface area contributed by atoms with E-state index < -0.39 is 11.7 Å². The number of nitriles is 1. The highest BCUT2D eigenvalue weighted by molar-refractivity contribution is 5.72. The molecule has 0 heterocycles. The lowest BCUT2D eigenvalue weighted by Crippen LogP contribution is -2.07. The van der Waals surface area contributed by atoms with Gasteiger partial charge in [0.25, 0.3) is 0 Å². The lowest BCUT2D eigenvalue weighted by atomic mass is 9.92. The molecule has 0 aromatic heterocycles. The quantitative estimate of drug-likeness (QED) is 0.776. The van der Waals surface area contributed by atoms with Crippen LogP contribution in [0.5, 0.6) is 0 Å². The third-order valence-electron chi connectivity index (χ3n) is 3.06. The van der Waals surface area contributed by atoms with E-state index in [1.165, 1.54) is 12.1 Å². The van der Waals surface area contributed by atoms with Gasteiger partial charge in [0.15, 0.2) is 0 Å². The number of aryl methyl sites for hydroxylation is 1. The van der Waals surface area contributed by atoms with E-state index in [4.69, 9.17) is 5.26 Å². The maximum atomic E-state index is 13.1. The topological polar surface area (TPSA) is 23.8 Å². The molecule has 0 bridgehead atoms. The summed E-state index contributed by atoms with van der Waals surface area (Å²) in [5.74, 6) is 0. The fourth-order valence-electron chi connectivity index (χ4n) is 2.15. The Morgan fingerprint density at radius 2 is 1.75 bits per heavy atom. The van der Waals surface area contributed by atoms with E-state index in [2.05, 4.69) is 0 Å². The number of benzene rings is 2. The Labute approximate surface area is 115 Å². The molecule has 0 radical (unpaired) electrons. The minimum atomic E-state index is -4.41. The van der Waals surface area contributed by atoms with Crippen LogP contribution in [0.1, 0.15) is 16.7 Å². The maximum absolute atomic E-state index is 13.1. The van der Waals surface area contributed by atoms with Crippen molar-refractivity contribution >= 4 is 0 Å². The van der Waals surface area contributed by atoms with E-state index >= 15 is 0 Å². The highest BCUT2D eigenvalue weighted by Crippen LogP contribution is 2.38. The second-order valence-electron chi connectivity index (χ2n) is 4.54. The Kier molecular flexibility index (Phi) is 3.80. The van der Waals surface area contributed by atoms with Crippen molar-refractivity contribution in [2.24, 2.45) is 0 Å². The Hall–Kier alpha value is -2.28. The second-order valence-corrected chi connectivity index (χ2v) is 4.54. The smallest absolute Gasteiger partial charge is 0.198 e. The van der Waals surface area contributed by atoms with Crippen molar-refractivity contribution in [3.05, 3.63) is 59.2 Å². The van der Waals surface area contributed by atoms with Crippen LogP contribution in [0.25, 0.3) is 11.1 Å². The molecule has 0 amide bonds. The minimum absolute atomic E-state index is 0.0851. The minimum Gasteiger partial charge on any atom is -0.198 e. The van der Waals surface area contributed by atoms with Gasteiger partial charge in [-0.05, 0) is 29.7 Å². The molecule has 0 spiro atoms. The fourth-order valence-corrected chi connectivity index (χ4v) is 2.15. The first-order chi connectivity index (χ1) is 9.43. The number of rotatable bonds is 2. The summed E-state index contributed by atoms with van der Waals surface area (Å²) in [4.78, 5) is 0. The zero-order valence-electron chi connectivity index (χ0n) is 10.8. The zero-order valence-corrected chi connectivity index (χ0v) is 10.8. The van der Waals surface area contributed by atoms with Crippen LogP contribution in [0.3, 0.4) is 0 Å². The molecule has 0 unspecified atom stereocenters. The molecule has 0 aliphatic carbocycles. The van der Waals surface area contributed by atoms with Crippen LogP contribution in [0.15, 0.2) is 42.5 Å². The summed E-state index contributed by atoms with van der Waals surface area (Å²) in [6, 6.07) is 12.6. The van der Waals surface area contributed by atoms with Gasteiger partial charge in [-0.25, -0.2) is 0 Å². The third-order valence-corrected chi connectivity index (χ3v) is 3.06. The Balaban J connectivity index is 2.69. The van der Waals surface area contributed by atoms with Gasteiger partial charge in [-0.2, -0.15) is 18.4 Å². The fraction of sp³-hybridized carbons (Fsp3) is 0.188. The summed E-state index contributed by atoms with van der Waals surface area (Å²) in [7, 11) is 0. The van der Waals surface area contributed by atoms with E-state index in [1.54, 1.807) is 24.3 Å². The lowest BCUT2D eigenvalue weighted by molar-refractivity contribution is -0.137. The van der Waals surface area contributed by atoms with Crippen molar-refractivity contribution in [2.75, 3.05) is 0 Å². The predicted octanol–water partition coefficient (Wildman–Crippen LogP) is 4.75. The average molecular weight is 275 g/mol. The molecule has 0 aliphatic heterocycles. The van der Waals surface area contributed by atoms with Crippen LogP contribution in [-0.2, 0) is 12.6 Å². The molecule has 0 atom stereocenters. The van der Waals surface area contributed by atoms with Gasteiger partial charge in [-0.3, -0.25) is 0 Å². The number of halogens is 3. The van der Waals surface area contributed by atoms with Crippen LogP contribution >= 0.6 is 0 Å². The van der Waals surface area contributed by atoms with Gasteiger partial charge in [0.2, 0.25) is 0 Å². The highest BCUT2D eigenvalue weighted by atomic mass is 19.4. The first-order valence-electron chi connectivity index (χ1n) is 6.06. The van der Waals surface area contributed by atoms with E-state index in [-0.39, 0.29) is 12.0 Å². The molecule has 2 aromatic carbocycles. The van der Waals surface area contributed by atoms with Crippen molar-refractivity contribution in [2.45, 2.75) is 19.5 Å². The molecular weight excluding hydrogens is 263 g/mol. The second kappa shape index (κ2) is 5.38. The van der Waals surface area contributed by atoms with Crippen LogP contribution in [0.4, 0.5) is 13.2 Å². The molecule has 2 aromatic rings. The molecule has 4 heteroatoms. The van der Waals surface area contributed by atoms with Crippen molar-refractivity contribution in [3.8, 4) is 17.2 Å². The van der Waals surface area contributed by atoms with Gasteiger partial charge in [-0.1, -0.05) is 42.0 Å². The average Bonchev–Trinajstić information content (AvgIpc) is 2.40. The molecule has 0 saturated carbocycles. The van der Waals surface area contributed by atoms with E-state index in [0.717, 1.165) is 11.6 Å². The highest BCUT2D eigenvalue weighted by Gasteiger charge is 2.33. The summed E-state index contributed by atoms with van der Waals surface area (Å²) in [6.07, 6.45) is -4.33. The molecule has 0 saturated heterocycles. The summed E-state index contributed by atoms with van der Waals surface area (Å²) < 4.78 is 39.3. The summed E-state index contributed by atoms with van der Waals surface area (Å²) in [6.45, 7) is 1.82. The van der Waals surface area contributed by atoms with Crippen LogP contribution in [-0.4, -0.2) is 0 Å². The van der Waals surface area contributed by atoms with Gasteiger partial charge >= 0.3 is 6.18 Å².